The zero-order chi connectivity index (χ0) is 10.0. The Morgan fingerprint density at radius 2 is 2.08 bits per heavy atom. The molecule has 0 aliphatic heterocycles. The van der Waals surface area contributed by atoms with E-state index >= 15 is 0 Å². The smallest absolute Gasteiger partial charge is 0.336 e. The molecule has 1 aromatic rings. The number of hydrogen-bond donors (Lipinski definition) is 1. The fraction of sp³-hybridized carbons (Fsp3) is 0.125. The van der Waals surface area contributed by atoms with Crippen molar-refractivity contribution in [3.8, 4) is 0 Å². The summed E-state index contributed by atoms with van der Waals surface area (Å²) in [6, 6.07) is 3.63. The summed E-state index contributed by atoms with van der Waals surface area (Å²) in [6.07, 6.45) is -2.76. The van der Waals surface area contributed by atoms with E-state index in [1.54, 1.807) is 0 Å². The van der Waals surface area contributed by atoms with Crippen LogP contribution in [0.5, 0.6) is 0 Å². The van der Waals surface area contributed by atoms with Gasteiger partial charge in [0.2, 0.25) is 0 Å². The topological polar surface area (TPSA) is 37.3 Å². The summed E-state index contributed by atoms with van der Waals surface area (Å²) in [5.41, 5.74) is -0.833. The first-order valence-corrected chi connectivity index (χ1v) is 4.12. The Bertz CT molecular complexity index is 339. The van der Waals surface area contributed by atoms with Crippen molar-refractivity contribution >= 4 is 21.9 Å². The van der Waals surface area contributed by atoms with Crippen molar-refractivity contribution in [2.75, 3.05) is 0 Å². The maximum atomic E-state index is 12.2. The number of benzene rings is 1. The normalized spacial score (nSPS) is 10.5. The number of rotatable bonds is 2. The van der Waals surface area contributed by atoms with Gasteiger partial charge in [0, 0.05) is 10.0 Å². The highest BCUT2D eigenvalue weighted by atomic mass is 79.9. The van der Waals surface area contributed by atoms with Crippen LogP contribution < -0.4 is 0 Å². The third-order valence-electron chi connectivity index (χ3n) is 1.48. The molecule has 0 bridgehead atoms. The first kappa shape index (κ1) is 10.1. The predicted octanol–water partition coefficient (Wildman–Crippen LogP) is 3.08. The van der Waals surface area contributed by atoms with Gasteiger partial charge in [0.15, 0.2) is 0 Å². The number of carboxylic acid groups (broad SMARTS) is 1. The van der Waals surface area contributed by atoms with Crippen molar-refractivity contribution in [2.24, 2.45) is 0 Å². The Labute approximate surface area is 81.3 Å². The first-order chi connectivity index (χ1) is 6.02. The molecule has 13 heavy (non-hydrogen) atoms. The lowest BCUT2D eigenvalue weighted by Crippen LogP contribution is -2.02. The second kappa shape index (κ2) is 3.83. The summed E-state index contributed by atoms with van der Waals surface area (Å²) in [4.78, 5) is 10.5. The largest absolute Gasteiger partial charge is 0.478 e. The second-order valence-electron chi connectivity index (χ2n) is 2.34. The number of carboxylic acids is 1. The van der Waals surface area contributed by atoms with Gasteiger partial charge in [-0.3, -0.25) is 0 Å². The van der Waals surface area contributed by atoms with E-state index in [0.717, 1.165) is 12.1 Å². The highest BCUT2D eigenvalue weighted by Crippen LogP contribution is 2.25. The van der Waals surface area contributed by atoms with Crippen LogP contribution in [0.25, 0.3) is 0 Å². The Balaban J connectivity index is 3.27. The van der Waals surface area contributed by atoms with E-state index in [0.29, 0.717) is 4.47 Å². The summed E-state index contributed by atoms with van der Waals surface area (Å²) in [5, 5.41) is 8.58. The monoisotopic (exact) mass is 250 g/mol. The van der Waals surface area contributed by atoms with Gasteiger partial charge >= 0.3 is 5.97 Å². The molecule has 0 aliphatic carbocycles. The number of hydrogen-bond acceptors (Lipinski definition) is 1. The van der Waals surface area contributed by atoms with Gasteiger partial charge < -0.3 is 5.11 Å². The number of alkyl halides is 2. The lowest BCUT2D eigenvalue weighted by Gasteiger charge is -2.04. The molecule has 5 heteroatoms. The molecule has 0 amide bonds. The standard InChI is InChI=1S/C8H5BrF2O2/c9-4-1-2-5(7(10)11)6(3-4)8(12)13/h1-3,7H,(H,12,13). The minimum absolute atomic E-state index is 0.371. The van der Waals surface area contributed by atoms with Gasteiger partial charge in [-0.2, -0.15) is 0 Å². The van der Waals surface area contributed by atoms with E-state index in [-0.39, 0.29) is 5.56 Å². The van der Waals surface area contributed by atoms with Crippen molar-refractivity contribution in [2.45, 2.75) is 6.43 Å². The molecule has 0 spiro atoms. The fourth-order valence-corrected chi connectivity index (χ4v) is 1.27. The zero-order valence-electron chi connectivity index (χ0n) is 6.30. The first-order valence-electron chi connectivity index (χ1n) is 3.33. The number of aromatic carboxylic acids is 1. The molecule has 0 aliphatic rings. The predicted molar refractivity (Wildman–Crippen MR) is 46.1 cm³/mol. The highest BCUT2D eigenvalue weighted by molar-refractivity contribution is 9.10. The van der Waals surface area contributed by atoms with Gasteiger partial charge in [-0.1, -0.05) is 22.0 Å². The second-order valence-corrected chi connectivity index (χ2v) is 3.25. The van der Waals surface area contributed by atoms with Crippen LogP contribution in [0.15, 0.2) is 22.7 Å². The van der Waals surface area contributed by atoms with Crippen LogP contribution >= 0.6 is 15.9 Å². The molecule has 0 atom stereocenters. The molecule has 0 unspecified atom stereocenters. The zero-order valence-corrected chi connectivity index (χ0v) is 7.88. The number of halogens is 3. The van der Waals surface area contributed by atoms with Crippen LogP contribution in [0.2, 0.25) is 0 Å². The van der Waals surface area contributed by atoms with Gasteiger partial charge in [-0.15, -0.1) is 0 Å². The summed E-state index contributed by atoms with van der Waals surface area (Å²) in [6.45, 7) is 0. The highest BCUT2D eigenvalue weighted by Gasteiger charge is 2.17. The van der Waals surface area contributed by atoms with Crippen LogP contribution in [0, 0.1) is 0 Å². The Kier molecular flexibility index (Phi) is 2.98. The van der Waals surface area contributed by atoms with E-state index < -0.39 is 18.0 Å². The van der Waals surface area contributed by atoms with Gasteiger partial charge in [0.05, 0.1) is 5.56 Å². The van der Waals surface area contributed by atoms with Crippen LogP contribution in [0.1, 0.15) is 22.3 Å². The van der Waals surface area contributed by atoms with Gasteiger partial charge in [-0.25, -0.2) is 13.6 Å². The maximum Gasteiger partial charge on any atom is 0.336 e. The van der Waals surface area contributed by atoms with Crippen molar-refractivity contribution in [1.29, 1.82) is 0 Å². The molecule has 0 heterocycles. The van der Waals surface area contributed by atoms with E-state index in [4.69, 9.17) is 5.11 Å². The fourth-order valence-electron chi connectivity index (χ4n) is 0.904. The Morgan fingerprint density at radius 3 is 2.54 bits per heavy atom. The van der Waals surface area contributed by atoms with Crippen LogP contribution in [-0.4, -0.2) is 11.1 Å². The average Bonchev–Trinajstić information content (AvgIpc) is 2.03. The van der Waals surface area contributed by atoms with E-state index in [2.05, 4.69) is 15.9 Å². The molecule has 70 valence electrons. The molecule has 1 N–H and O–H groups in total. The van der Waals surface area contributed by atoms with E-state index in [1.807, 2.05) is 0 Å². The van der Waals surface area contributed by atoms with Crippen LogP contribution in [0.3, 0.4) is 0 Å². The third-order valence-corrected chi connectivity index (χ3v) is 1.97. The van der Waals surface area contributed by atoms with E-state index in [1.165, 1.54) is 6.07 Å². The Morgan fingerprint density at radius 1 is 1.46 bits per heavy atom. The summed E-state index contributed by atoms with van der Waals surface area (Å²) in [7, 11) is 0. The molecule has 1 rings (SSSR count). The molecular formula is C8H5BrF2O2. The molecule has 0 aromatic heterocycles. The molecule has 0 saturated heterocycles. The maximum absolute atomic E-state index is 12.2. The molecular weight excluding hydrogens is 246 g/mol. The van der Waals surface area contributed by atoms with Gasteiger partial charge in [0.1, 0.15) is 0 Å². The summed E-state index contributed by atoms with van der Waals surface area (Å²) >= 11 is 3.01. The molecule has 0 saturated carbocycles. The van der Waals surface area contributed by atoms with E-state index in [9.17, 15) is 13.6 Å². The van der Waals surface area contributed by atoms with Crippen LogP contribution in [-0.2, 0) is 0 Å². The van der Waals surface area contributed by atoms with Crippen molar-refractivity contribution in [1.82, 2.24) is 0 Å². The molecule has 0 fully saturated rings. The van der Waals surface area contributed by atoms with Gasteiger partial charge in [-0.05, 0) is 12.1 Å². The SMILES string of the molecule is O=C(O)c1cc(Br)ccc1C(F)F. The van der Waals surface area contributed by atoms with Gasteiger partial charge in [0.25, 0.3) is 6.43 Å². The van der Waals surface area contributed by atoms with Crippen molar-refractivity contribution < 1.29 is 18.7 Å². The lowest BCUT2D eigenvalue weighted by atomic mass is 10.1. The third kappa shape index (κ3) is 2.24. The molecule has 2 nitrogen and oxygen atoms in total. The number of carbonyl (C=O) groups is 1. The van der Waals surface area contributed by atoms with Crippen molar-refractivity contribution in [3.63, 3.8) is 0 Å². The minimum Gasteiger partial charge on any atom is -0.478 e. The quantitative estimate of drug-likeness (QED) is 0.876. The summed E-state index contributed by atoms with van der Waals surface area (Å²) in [5.74, 6) is -1.35. The van der Waals surface area contributed by atoms with Crippen molar-refractivity contribution in [3.05, 3.63) is 33.8 Å². The minimum atomic E-state index is -2.76. The van der Waals surface area contributed by atoms with Crippen LogP contribution in [0.4, 0.5) is 8.78 Å². The Hall–Kier alpha value is -0.970. The lowest BCUT2D eigenvalue weighted by molar-refractivity contribution is 0.0684. The summed E-state index contributed by atoms with van der Waals surface area (Å²) < 4.78 is 24.9. The molecule has 1 aromatic carbocycles. The molecule has 0 radical (unpaired) electrons. The average molecular weight is 251 g/mol.